The molecule has 2 heterocycles. The summed E-state index contributed by atoms with van der Waals surface area (Å²) < 4.78 is 11.2. The summed E-state index contributed by atoms with van der Waals surface area (Å²) in [7, 11) is 0. The van der Waals surface area contributed by atoms with Gasteiger partial charge in [0.2, 0.25) is 12.7 Å². The number of halogens is 1. The highest BCUT2D eigenvalue weighted by molar-refractivity contribution is 9.10. The number of anilines is 1. The van der Waals surface area contributed by atoms with Gasteiger partial charge in [0, 0.05) is 6.08 Å². The van der Waals surface area contributed by atoms with Gasteiger partial charge in [-0.2, -0.15) is 0 Å². The molecule has 1 aliphatic rings. The summed E-state index contributed by atoms with van der Waals surface area (Å²) in [6, 6.07) is 9.03. The zero-order chi connectivity index (χ0) is 14.7. The number of nitrogens with one attached hydrogen (secondary N) is 1. The summed E-state index contributed by atoms with van der Waals surface area (Å²) in [4.78, 5) is 15.8. The molecule has 2 aromatic rings. The van der Waals surface area contributed by atoms with Crippen LogP contribution in [0.1, 0.15) is 5.56 Å². The van der Waals surface area contributed by atoms with Gasteiger partial charge in [-0.15, -0.1) is 0 Å². The largest absolute Gasteiger partial charge is 0.454 e. The van der Waals surface area contributed by atoms with Crippen LogP contribution < -0.4 is 14.8 Å². The van der Waals surface area contributed by atoms with Gasteiger partial charge in [-0.1, -0.05) is 6.07 Å². The Morgan fingerprint density at radius 1 is 1.24 bits per heavy atom. The first-order chi connectivity index (χ1) is 10.2. The number of benzene rings is 1. The number of fused-ring (bicyclic) bond motifs is 1. The molecular formula is C15H11BrN2O3. The van der Waals surface area contributed by atoms with E-state index in [0.717, 1.165) is 15.9 Å². The summed E-state index contributed by atoms with van der Waals surface area (Å²) in [5, 5.41) is 2.73. The normalized spacial score (nSPS) is 12.6. The second-order valence-electron chi connectivity index (χ2n) is 4.30. The maximum atomic E-state index is 11.8. The Morgan fingerprint density at radius 2 is 2.10 bits per heavy atom. The van der Waals surface area contributed by atoms with Crippen molar-refractivity contribution in [3.8, 4) is 11.5 Å². The van der Waals surface area contributed by atoms with E-state index >= 15 is 0 Å². The fourth-order valence-electron chi connectivity index (χ4n) is 1.82. The van der Waals surface area contributed by atoms with Gasteiger partial charge < -0.3 is 14.8 Å². The van der Waals surface area contributed by atoms with Crippen molar-refractivity contribution in [2.24, 2.45) is 0 Å². The molecule has 1 aliphatic heterocycles. The van der Waals surface area contributed by atoms with Crippen LogP contribution in [0.2, 0.25) is 0 Å². The lowest BCUT2D eigenvalue weighted by Crippen LogP contribution is -2.07. The van der Waals surface area contributed by atoms with Crippen molar-refractivity contribution >= 4 is 33.6 Å². The Kier molecular flexibility index (Phi) is 3.87. The van der Waals surface area contributed by atoms with Crippen molar-refractivity contribution in [3.05, 3.63) is 52.8 Å². The fraction of sp³-hybridized carbons (Fsp3) is 0.0667. The lowest BCUT2D eigenvalue weighted by Gasteiger charge is -2.01. The second-order valence-corrected chi connectivity index (χ2v) is 5.12. The minimum Gasteiger partial charge on any atom is -0.454 e. The number of hydrogen-bond acceptors (Lipinski definition) is 4. The molecule has 0 fully saturated rings. The highest BCUT2D eigenvalue weighted by Crippen LogP contribution is 2.32. The van der Waals surface area contributed by atoms with E-state index in [9.17, 15) is 4.79 Å². The van der Waals surface area contributed by atoms with E-state index in [4.69, 9.17) is 9.47 Å². The summed E-state index contributed by atoms with van der Waals surface area (Å²) in [6.07, 6.45) is 4.75. The van der Waals surface area contributed by atoms with Crippen molar-refractivity contribution in [1.29, 1.82) is 0 Å². The maximum absolute atomic E-state index is 11.8. The molecule has 0 saturated carbocycles. The number of rotatable bonds is 3. The summed E-state index contributed by atoms with van der Waals surface area (Å²) in [5.74, 6) is 1.18. The van der Waals surface area contributed by atoms with Gasteiger partial charge in [0.15, 0.2) is 11.5 Å². The zero-order valence-electron chi connectivity index (χ0n) is 10.9. The van der Waals surface area contributed by atoms with Crippen LogP contribution in [-0.4, -0.2) is 17.7 Å². The molecule has 3 rings (SSSR count). The van der Waals surface area contributed by atoms with Crippen LogP contribution in [0.4, 0.5) is 5.69 Å². The first-order valence-electron chi connectivity index (χ1n) is 6.21. The number of pyridine rings is 1. The van der Waals surface area contributed by atoms with Gasteiger partial charge in [0.05, 0.1) is 11.9 Å². The van der Waals surface area contributed by atoms with Crippen LogP contribution in [-0.2, 0) is 4.79 Å². The first-order valence-corrected chi connectivity index (χ1v) is 7.00. The van der Waals surface area contributed by atoms with Crippen molar-refractivity contribution in [2.45, 2.75) is 0 Å². The third-order valence-electron chi connectivity index (χ3n) is 2.82. The topological polar surface area (TPSA) is 60.5 Å². The van der Waals surface area contributed by atoms with Crippen molar-refractivity contribution in [3.63, 3.8) is 0 Å². The third kappa shape index (κ3) is 3.41. The molecule has 6 heteroatoms. The van der Waals surface area contributed by atoms with E-state index in [1.54, 1.807) is 24.4 Å². The number of aromatic nitrogens is 1. The monoisotopic (exact) mass is 346 g/mol. The third-order valence-corrected chi connectivity index (χ3v) is 3.29. The Balaban J connectivity index is 1.65. The Bertz CT molecular complexity index is 699. The minimum atomic E-state index is -0.225. The molecule has 0 radical (unpaired) electrons. The number of ether oxygens (including phenoxy) is 2. The van der Waals surface area contributed by atoms with E-state index in [-0.39, 0.29) is 12.7 Å². The predicted molar refractivity (Wildman–Crippen MR) is 82.2 cm³/mol. The quantitative estimate of drug-likeness (QED) is 0.684. The molecule has 0 bridgehead atoms. The molecule has 5 nitrogen and oxygen atoms in total. The van der Waals surface area contributed by atoms with Crippen LogP contribution in [0.15, 0.2) is 47.2 Å². The highest BCUT2D eigenvalue weighted by Gasteiger charge is 2.12. The summed E-state index contributed by atoms with van der Waals surface area (Å²) in [5.41, 5.74) is 1.50. The van der Waals surface area contributed by atoms with E-state index in [1.807, 2.05) is 18.2 Å². The lowest BCUT2D eigenvalue weighted by atomic mass is 10.2. The van der Waals surface area contributed by atoms with Gasteiger partial charge in [-0.3, -0.25) is 4.79 Å². The second kappa shape index (κ2) is 5.97. The summed E-state index contributed by atoms with van der Waals surface area (Å²) >= 11 is 3.24. The lowest BCUT2D eigenvalue weighted by molar-refractivity contribution is -0.111. The molecule has 1 amide bonds. The number of nitrogens with zero attached hydrogens (tertiary/aromatic N) is 1. The van der Waals surface area contributed by atoms with Gasteiger partial charge in [-0.25, -0.2) is 4.98 Å². The smallest absolute Gasteiger partial charge is 0.248 e. The molecule has 0 aliphatic carbocycles. The molecule has 1 N–H and O–H groups in total. The predicted octanol–water partition coefficient (Wildman–Crippen LogP) is 3.22. The molecule has 1 aromatic heterocycles. The van der Waals surface area contributed by atoms with Gasteiger partial charge in [0.1, 0.15) is 4.60 Å². The Hall–Kier alpha value is -2.34. The minimum absolute atomic E-state index is 0.225. The number of hydrogen-bond donors (Lipinski definition) is 1. The van der Waals surface area contributed by atoms with Crippen LogP contribution >= 0.6 is 15.9 Å². The van der Waals surface area contributed by atoms with Crippen LogP contribution in [0, 0.1) is 0 Å². The van der Waals surface area contributed by atoms with E-state index in [0.29, 0.717) is 11.4 Å². The maximum Gasteiger partial charge on any atom is 0.248 e. The highest BCUT2D eigenvalue weighted by atomic mass is 79.9. The standard InChI is InChI=1S/C15H11BrN2O3/c16-14-5-3-11(8-17-14)18-15(19)6-2-10-1-4-12-13(7-10)21-9-20-12/h1-8H,9H2,(H,18,19)/b6-2+. The molecule has 0 atom stereocenters. The van der Waals surface area contributed by atoms with E-state index in [2.05, 4.69) is 26.2 Å². The molecule has 0 saturated heterocycles. The molecule has 0 spiro atoms. The first kappa shape index (κ1) is 13.6. The van der Waals surface area contributed by atoms with Crippen LogP contribution in [0.3, 0.4) is 0 Å². The molecule has 106 valence electrons. The number of carbonyl (C=O) groups is 1. The number of carbonyl (C=O) groups excluding carboxylic acids is 1. The van der Waals surface area contributed by atoms with Crippen LogP contribution in [0.5, 0.6) is 11.5 Å². The number of amides is 1. The van der Waals surface area contributed by atoms with Gasteiger partial charge in [-0.05, 0) is 51.8 Å². The molecule has 0 unspecified atom stereocenters. The fourth-order valence-corrected chi connectivity index (χ4v) is 2.06. The summed E-state index contributed by atoms with van der Waals surface area (Å²) in [6.45, 7) is 0.236. The van der Waals surface area contributed by atoms with Crippen molar-refractivity contribution < 1.29 is 14.3 Å². The molecular weight excluding hydrogens is 336 g/mol. The average molecular weight is 347 g/mol. The average Bonchev–Trinajstić information content (AvgIpc) is 2.95. The van der Waals surface area contributed by atoms with Crippen molar-refractivity contribution in [1.82, 2.24) is 4.98 Å². The SMILES string of the molecule is O=C(/C=C/c1ccc2c(c1)OCO2)Nc1ccc(Br)nc1. The Labute approximate surface area is 129 Å². The van der Waals surface area contributed by atoms with Crippen molar-refractivity contribution in [2.75, 3.05) is 12.1 Å². The van der Waals surface area contributed by atoms with Gasteiger partial charge in [0.25, 0.3) is 0 Å². The molecule has 1 aromatic carbocycles. The Morgan fingerprint density at radius 3 is 2.90 bits per heavy atom. The van der Waals surface area contributed by atoms with Gasteiger partial charge >= 0.3 is 0 Å². The van der Waals surface area contributed by atoms with E-state index < -0.39 is 0 Å². The van der Waals surface area contributed by atoms with E-state index in [1.165, 1.54) is 6.08 Å². The van der Waals surface area contributed by atoms with Crippen LogP contribution in [0.25, 0.3) is 6.08 Å². The zero-order valence-corrected chi connectivity index (χ0v) is 12.5. The molecule has 21 heavy (non-hydrogen) atoms.